The molecule has 2 N–H and O–H groups in total. The Balaban J connectivity index is 1.61. The molecule has 1 aromatic carbocycles. The summed E-state index contributed by atoms with van der Waals surface area (Å²) in [6.07, 6.45) is 0.950. The van der Waals surface area contributed by atoms with Crippen LogP contribution in [-0.4, -0.2) is 39.1 Å². The normalized spacial score (nSPS) is 12.5. The van der Waals surface area contributed by atoms with Crippen LogP contribution in [0, 0.1) is 5.82 Å². The summed E-state index contributed by atoms with van der Waals surface area (Å²) < 4.78 is 20.3. The Kier molecular flexibility index (Phi) is 5.79. The van der Waals surface area contributed by atoms with Gasteiger partial charge in [0.15, 0.2) is 5.82 Å². The Morgan fingerprint density at radius 1 is 1.43 bits per heavy atom. The number of aromatic nitrogens is 3. The molecule has 0 spiro atoms. The monoisotopic (exact) mass is 294 g/mol. The van der Waals surface area contributed by atoms with E-state index in [0.717, 1.165) is 0 Å². The van der Waals surface area contributed by atoms with E-state index < -0.39 is 6.10 Å². The van der Waals surface area contributed by atoms with Crippen LogP contribution in [0.4, 0.5) is 4.39 Å². The minimum Gasteiger partial charge on any atom is -0.389 e. The van der Waals surface area contributed by atoms with E-state index in [1.807, 2.05) is 0 Å². The standard InChI is InChI=1S/C14H19FN4O2/c1-19-10-17-14(18-19)7-16-6-12(20)9-21-8-11-4-2-3-5-13(11)15/h2-5,10,12,16,20H,6-9H2,1H3. The summed E-state index contributed by atoms with van der Waals surface area (Å²) in [7, 11) is 1.79. The summed E-state index contributed by atoms with van der Waals surface area (Å²) in [6.45, 7) is 1.11. The molecule has 0 saturated carbocycles. The lowest BCUT2D eigenvalue weighted by Crippen LogP contribution is -2.30. The predicted molar refractivity (Wildman–Crippen MR) is 74.8 cm³/mol. The van der Waals surface area contributed by atoms with Crippen LogP contribution in [0.3, 0.4) is 0 Å². The summed E-state index contributed by atoms with van der Waals surface area (Å²) in [5, 5.41) is 16.9. The topological polar surface area (TPSA) is 72.2 Å². The first-order chi connectivity index (χ1) is 10.1. The van der Waals surface area contributed by atoms with Crippen LogP contribution in [0.1, 0.15) is 11.4 Å². The first kappa shape index (κ1) is 15.6. The van der Waals surface area contributed by atoms with Crippen molar-refractivity contribution in [3.8, 4) is 0 Å². The van der Waals surface area contributed by atoms with E-state index in [0.29, 0.717) is 24.5 Å². The third-order valence-corrected chi connectivity index (χ3v) is 2.84. The molecule has 0 amide bonds. The molecule has 0 bridgehead atoms. The molecule has 2 aromatic rings. The van der Waals surface area contributed by atoms with Crippen molar-refractivity contribution in [3.05, 3.63) is 47.8 Å². The van der Waals surface area contributed by atoms with E-state index in [4.69, 9.17) is 4.74 Å². The van der Waals surface area contributed by atoms with Crippen LogP contribution < -0.4 is 5.32 Å². The minimum absolute atomic E-state index is 0.136. The summed E-state index contributed by atoms with van der Waals surface area (Å²) in [5.74, 6) is 0.364. The Labute approximate surface area is 122 Å². The number of hydrogen-bond donors (Lipinski definition) is 2. The van der Waals surface area contributed by atoms with E-state index in [-0.39, 0.29) is 19.0 Å². The molecule has 0 aliphatic heterocycles. The minimum atomic E-state index is -0.666. The second kappa shape index (κ2) is 7.82. The third kappa shape index (κ3) is 5.22. The molecule has 0 aliphatic carbocycles. The molecule has 21 heavy (non-hydrogen) atoms. The molecule has 0 aliphatic rings. The van der Waals surface area contributed by atoms with Gasteiger partial charge >= 0.3 is 0 Å². The summed E-state index contributed by atoms with van der Waals surface area (Å²) in [4.78, 5) is 4.06. The van der Waals surface area contributed by atoms with Gasteiger partial charge in [0, 0.05) is 19.2 Å². The van der Waals surface area contributed by atoms with Gasteiger partial charge in [-0.1, -0.05) is 18.2 Å². The van der Waals surface area contributed by atoms with E-state index in [9.17, 15) is 9.50 Å². The number of benzene rings is 1. The first-order valence-electron chi connectivity index (χ1n) is 6.69. The highest BCUT2D eigenvalue weighted by atomic mass is 19.1. The largest absolute Gasteiger partial charge is 0.389 e. The number of aliphatic hydroxyl groups is 1. The van der Waals surface area contributed by atoms with Crippen LogP contribution in [0.5, 0.6) is 0 Å². The van der Waals surface area contributed by atoms with Gasteiger partial charge < -0.3 is 15.2 Å². The van der Waals surface area contributed by atoms with Gasteiger partial charge in [-0.25, -0.2) is 9.37 Å². The van der Waals surface area contributed by atoms with E-state index in [1.165, 1.54) is 6.07 Å². The van der Waals surface area contributed by atoms with E-state index >= 15 is 0 Å². The van der Waals surface area contributed by atoms with Gasteiger partial charge in [-0.15, -0.1) is 0 Å². The maximum Gasteiger partial charge on any atom is 0.164 e. The molecule has 1 aromatic heterocycles. The Morgan fingerprint density at radius 2 is 2.24 bits per heavy atom. The van der Waals surface area contributed by atoms with Gasteiger partial charge in [-0.2, -0.15) is 5.10 Å². The average Bonchev–Trinajstić information content (AvgIpc) is 2.87. The van der Waals surface area contributed by atoms with Gasteiger partial charge in [-0.3, -0.25) is 4.68 Å². The lowest BCUT2D eigenvalue weighted by Gasteiger charge is -2.12. The third-order valence-electron chi connectivity index (χ3n) is 2.84. The zero-order valence-corrected chi connectivity index (χ0v) is 11.9. The number of rotatable bonds is 8. The molecule has 114 valence electrons. The highest BCUT2D eigenvalue weighted by Gasteiger charge is 2.07. The van der Waals surface area contributed by atoms with Crippen LogP contribution in [-0.2, 0) is 24.9 Å². The number of ether oxygens (including phenoxy) is 1. The van der Waals surface area contributed by atoms with Crippen molar-refractivity contribution in [3.63, 3.8) is 0 Å². The summed E-state index contributed by atoms with van der Waals surface area (Å²) in [6, 6.07) is 6.42. The molecular formula is C14H19FN4O2. The van der Waals surface area contributed by atoms with Crippen molar-refractivity contribution in [1.29, 1.82) is 0 Å². The molecule has 2 rings (SSSR count). The smallest absolute Gasteiger partial charge is 0.164 e. The average molecular weight is 294 g/mol. The van der Waals surface area contributed by atoms with Gasteiger partial charge in [-0.05, 0) is 6.07 Å². The fourth-order valence-electron chi connectivity index (χ4n) is 1.79. The number of aliphatic hydroxyl groups excluding tert-OH is 1. The van der Waals surface area contributed by atoms with Gasteiger partial charge in [0.05, 0.1) is 25.9 Å². The molecule has 1 heterocycles. The Morgan fingerprint density at radius 3 is 2.95 bits per heavy atom. The fourth-order valence-corrected chi connectivity index (χ4v) is 1.79. The van der Waals surface area contributed by atoms with Crippen molar-refractivity contribution in [2.45, 2.75) is 19.3 Å². The molecular weight excluding hydrogens is 275 g/mol. The van der Waals surface area contributed by atoms with Crippen molar-refractivity contribution in [2.75, 3.05) is 13.2 Å². The molecule has 0 fully saturated rings. The second-order valence-electron chi connectivity index (χ2n) is 4.73. The van der Waals surface area contributed by atoms with Crippen LogP contribution in [0.2, 0.25) is 0 Å². The number of nitrogens with zero attached hydrogens (tertiary/aromatic N) is 3. The zero-order chi connectivity index (χ0) is 15.1. The lowest BCUT2D eigenvalue weighted by atomic mass is 10.2. The molecule has 6 nitrogen and oxygen atoms in total. The number of halogens is 1. The van der Waals surface area contributed by atoms with Gasteiger partial charge in [0.25, 0.3) is 0 Å². The highest BCUT2D eigenvalue weighted by Crippen LogP contribution is 2.07. The second-order valence-corrected chi connectivity index (χ2v) is 4.73. The summed E-state index contributed by atoms with van der Waals surface area (Å²) >= 11 is 0. The first-order valence-corrected chi connectivity index (χ1v) is 6.69. The number of aryl methyl sites for hydroxylation is 1. The van der Waals surface area contributed by atoms with Crippen molar-refractivity contribution in [1.82, 2.24) is 20.1 Å². The quantitative estimate of drug-likeness (QED) is 0.747. The van der Waals surface area contributed by atoms with Crippen LogP contribution in [0.15, 0.2) is 30.6 Å². The molecule has 1 unspecified atom stereocenters. The Bertz CT molecular complexity index is 561. The number of nitrogens with one attached hydrogen (secondary N) is 1. The van der Waals surface area contributed by atoms with Crippen molar-refractivity contribution in [2.24, 2.45) is 7.05 Å². The zero-order valence-electron chi connectivity index (χ0n) is 11.9. The molecule has 0 radical (unpaired) electrons. The lowest BCUT2D eigenvalue weighted by molar-refractivity contribution is 0.0277. The number of hydrogen-bond acceptors (Lipinski definition) is 5. The van der Waals surface area contributed by atoms with Crippen LogP contribution in [0.25, 0.3) is 0 Å². The molecule has 1 atom stereocenters. The SMILES string of the molecule is Cn1cnc(CNCC(O)COCc2ccccc2F)n1. The van der Waals surface area contributed by atoms with Crippen molar-refractivity contribution >= 4 is 0 Å². The maximum atomic E-state index is 13.3. The van der Waals surface area contributed by atoms with Crippen molar-refractivity contribution < 1.29 is 14.2 Å². The fraction of sp³-hybridized carbons (Fsp3) is 0.429. The molecule has 7 heteroatoms. The highest BCUT2D eigenvalue weighted by molar-refractivity contribution is 5.16. The van der Waals surface area contributed by atoms with E-state index in [1.54, 1.807) is 36.3 Å². The van der Waals surface area contributed by atoms with Crippen LogP contribution >= 0.6 is 0 Å². The summed E-state index contributed by atoms with van der Waals surface area (Å²) in [5.41, 5.74) is 0.482. The predicted octanol–water partition coefficient (Wildman–Crippen LogP) is 0.621. The molecule has 0 saturated heterocycles. The van der Waals surface area contributed by atoms with Gasteiger partial charge in [0.2, 0.25) is 0 Å². The van der Waals surface area contributed by atoms with E-state index in [2.05, 4.69) is 15.4 Å². The Hall–Kier alpha value is -1.83. The van der Waals surface area contributed by atoms with Gasteiger partial charge in [0.1, 0.15) is 12.1 Å². The maximum absolute atomic E-state index is 13.3.